The van der Waals surface area contributed by atoms with E-state index in [1.165, 1.54) is 85.5 Å². The lowest BCUT2D eigenvalue weighted by atomic mass is 9.84. The second kappa shape index (κ2) is 8.76. The van der Waals surface area contributed by atoms with Crippen LogP contribution in [0.25, 0.3) is 85.5 Å². The minimum atomic E-state index is 1.26. The largest absolute Gasteiger partial charge is 0.135 e. The van der Waals surface area contributed by atoms with Crippen LogP contribution in [0.1, 0.15) is 0 Å². The fourth-order valence-corrected chi connectivity index (χ4v) is 8.02. The highest BCUT2D eigenvalue weighted by Gasteiger charge is 2.20. The molecule has 1 heterocycles. The average Bonchev–Trinajstić information content (AvgIpc) is 3.43. The van der Waals surface area contributed by atoms with Gasteiger partial charge in [-0.1, -0.05) is 127 Å². The van der Waals surface area contributed by atoms with E-state index in [1.54, 1.807) is 0 Å². The first-order valence-corrected chi connectivity index (χ1v) is 14.9. The molecule has 1 heteroatoms. The topological polar surface area (TPSA) is 0 Å². The Kier molecular flexibility index (Phi) is 4.87. The molecule has 0 unspecified atom stereocenters. The van der Waals surface area contributed by atoms with Gasteiger partial charge in [-0.05, 0) is 83.5 Å². The molecule has 8 aromatic carbocycles. The summed E-state index contributed by atoms with van der Waals surface area (Å²) in [4.78, 5) is 0. The molecule has 0 amide bonds. The number of thiophene rings is 1. The third-order valence-electron chi connectivity index (χ3n) is 8.63. The zero-order valence-corrected chi connectivity index (χ0v) is 23.1. The third kappa shape index (κ3) is 3.33. The molecular weight excluding hydrogens is 513 g/mol. The average molecular weight is 537 g/mol. The summed E-state index contributed by atoms with van der Waals surface area (Å²) >= 11 is 1.90. The highest BCUT2D eigenvalue weighted by molar-refractivity contribution is 7.26. The van der Waals surface area contributed by atoms with Crippen LogP contribution in [0.4, 0.5) is 0 Å². The van der Waals surface area contributed by atoms with Crippen LogP contribution in [-0.4, -0.2) is 0 Å². The molecule has 0 spiro atoms. The van der Waals surface area contributed by atoms with E-state index in [1.807, 2.05) is 11.3 Å². The van der Waals surface area contributed by atoms with Crippen molar-refractivity contribution in [3.8, 4) is 22.3 Å². The molecule has 0 aliphatic rings. The monoisotopic (exact) mass is 536 g/mol. The second-order valence-electron chi connectivity index (χ2n) is 10.8. The minimum absolute atomic E-state index is 1.26. The van der Waals surface area contributed by atoms with Gasteiger partial charge in [0.2, 0.25) is 0 Å². The van der Waals surface area contributed by atoms with Crippen LogP contribution in [0, 0.1) is 0 Å². The molecular formula is C40H24S. The fourth-order valence-electron chi connectivity index (χ4n) is 6.87. The molecule has 0 N–H and O–H groups in total. The van der Waals surface area contributed by atoms with E-state index >= 15 is 0 Å². The summed E-state index contributed by atoms with van der Waals surface area (Å²) in [5.74, 6) is 0. The van der Waals surface area contributed by atoms with Crippen molar-refractivity contribution in [1.29, 1.82) is 0 Å². The van der Waals surface area contributed by atoms with E-state index in [0.717, 1.165) is 0 Å². The Labute approximate surface area is 241 Å². The standard InChI is InChI=1S/C40H24S/c1-2-12-27-24-28(21-20-25(27)10-1)37-30-14-5-7-16-32(30)38(33-17-8-6-15-31(33)37)34-18-9-19-35-40(34)39-29-13-4-3-11-26(29)22-23-36(39)41-35/h1-24H. The van der Waals surface area contributed by atoms with E-state index in [2.05, 4.69) is 146 Å². The Morgan fingerprint density at radius 2 is 0.902 bits per heavy atom. The van der Waals surface area contributed by atoms with Gasteiger partial charge in [-0.2, -0.15) is 0 Å². The molecule has 41 heavy (non-hydrogen) atoms. The van der Waals surface area contributed by atoms with Crippen molar-refractivity contribution in [1.82, 2.24) is 0 Å². The Bertz CT molecular complexity index is 2420. The van der Waals surface area contributed by atoms with Gasteiger partial charge in [0.25, 0.3) is 0 Å². The van der Waals surface area contributed by atoms with Gasteiger partial charge in [-0.3, -0.25) is 0 Å². The molecule has 0 nitrogen and oxygen atoms in total. The van der Waals surface area contributed by atoms with Crippen molar-refractivity contribution >= 4 is 74.6 Å². The number of hydrogen-bond acceptors (Lipinski definition) is 1. The van der Waals surface area contributed by atoms with E-state index in [4.69, 9.17) is 0 Å². The maximum atomic E-state index is 2.35. The summed E-state index contributed by atoms with van der Waals surface area (Å²) in [6.45, 7) is 0. The van der Waals surface area contributed by atoms with Crippen LogP contribution in [0.5, 0.6) is 0 Å². The van der Waals surface area contributed by atoms with Gasteiger partial charge in [-0.25, -0.2) is 0 Å². The number of benzene rings is 8. The van der Waals surface area contributed by atoms with Crippen LogP contribution < -0.4 is 0 Å². The molecule has 0 atom stereocenters. The van der Waals surface area contributed by atoms with Gasteiger partial charge in [0.05, 0.1) is 0 Å². The third-order valence-corrected chi connectivity index (χ3v) is 9.75. The normalized spacial score (nSPS) is 11.9. The van der Waals surface area contributed by atoms with Crippen molar-refractivity contribution in [2.45, 2.75) is 0 Å². The van der Waals surface area contributed by atoms with Gasteiger partial charge >= 0.3 is 0 Å². The smallest absolute Gasteiger partial charge is 0.0362 e. The Balaban J connectivity index is 1.46. The molecule has 9 aromatic rings. The molecule has 0 aliphatic carbocycles. The van der Waals surface area contributed by atoms with Gasteiger partial charge in [0, 0.05) is 20.2 Å². The molecule has 0 radical (unpaired) electrons. The van der Waals surface area contributed by atoms with Crippen LogP contribution in [0.2, 0.25) is 0 Å². The zero-order chi connectivity index (χ0) is 26.9. The molecule has 0 saturated carbocycles. The van der Waals surface area contributed by atoms with Crippen molar-refractivity contribution < 1.29 is 0 Å². The number of fused-ring (bicyclic) bond motifs is 8. The van der Waals surface area contributed by atoms with E-state index in [9.17, 15) is 0 Å². The molecule has 0 aliphatic heterocycles. The second-order valence-corrected chi connectivity index (χ2v) is 11.9. The predicted octanol–water partition coefficient (Wildman–Crippen LogP) is 12.0. The fraction of sp³-hybridized carbons (Fsp3) is 0. The molecule has 1 aromatic heterocycles. The van der Waals surface area contributed by atoms with Crippen molar-refractivity contribution in [3.63, 3.8) is 0 Å². The summed E-state index contributed by atoms with van der Waals surface area (Å²) in [6, 6.07) is 53.7. The Morgan fingerprint density at radius 3 is 1.63 bits per heavy atom. The molecule has 9 rings (SSSR count). The van der Waals surface area contributed by atoms with Gasteiger partial charge in [0.1, 0.15) is 0 Å². The lowest BCUT2D eigenvalue weighted by molar-refractivity contribution is 1.69. The summed E-state index contributed by atoms with van der Waals surface area (Å²) in [6.07, 6.45) is 0. The summed E-state index contributed by atoms with van der Waals surface area (Å²) in [7, 11) is 0. The summed E-state index contributed by atoms with van der Waals surface area (Å²) in [5, 5.41) is 13.0. The Hall–Kier alpha value is -4.98. The molecule has 0 fully saturated rings. The van der Waals surface area contributed by atoms with E-state index in [-0.39, 0.29) is 0 Å². The predicted molar refractivity (Wildman–Crippen MR) is 180 cm³/mol. The SMILES string of the molecule is c1ccc2cc(-c3c4ccccc4c(-c4cccc5sc6ccc7ccccc7c6c45)c4ccccc34)ccc2c1. The Morgan fingerprint density at radius 1 is 0.341 bits per heavy atom. The van der Waals surface area contributed by atoms with E-state index in [0.29, 0.717) is 0 Å². The number of hydrogen-bond donors (Lipinski definition) is 0. The van der Waals surface area contributed by atoms with Crippen molar-refractivity contribution in [3.05, 3.63) is 146 Å². The van der Waals surface area contributed by atoms with Crippen LogP contribution in [0.15, 0.2) is 146 Å². The lowest BCUT2D eigenvalue weighted by Crippen LogP contribution is -1.91. The molecule has 0 saturated heterocycles. The van der Waals surface area contributed by atoms with Gasteiger partial charge in [0.15, 0.2) is 0 Å². The first kappa shape index (κ1) is 22.8. The minimum Gasteiger partial charge on any atom is -0.135 e. The maximum Gasteiger partial charge on any atom is 0.0362 e. The van der Waals surface area contributed by atoms with Crippen molar-refractivity contribution in [2.75, 3.05) is 0 Å². The van der Waals surface area contributed by atoms with Gasteiger partial charge in [-0.15, -0.1) is 11.3 Å². The van der Waals surface area contributed by atoms with Gasteiger partial charge < -0.3 is 0 Å². The number of rotatable bonds is 2. The first-order chi connectivity index (χ1) is 20.3. The van der Waals surface area contributed by atoms with Crippen molar-refractivity contribution in [2.24, 2.45) is 0 Å². The highest BCUT2D eigenvalue weighted by Crippen LogP contribution is 2.49. The summed E-state index contributed by atoms with van der Waals surface area (Å²) in [5.41, 5.74) is 5.19. The van der Waals surface area contributed by atoms with Crippen LogP contribution >= 0.6 is 11.3 Å². The van der Waals surface area contributed by atoms with Crippen LogP contribution in [-0.2, 0) is 0 Å². The van der Waals surface area contributed by atoms with E-state index < -0.39 is 0 Å². The molecule has 0 bridgehead atoms. The van der Waals surface area contributed by atoms with Crippen LogP contribution in [0.3, 0.4) is 0 Å². The maximum absolute atomic E-state index is 2.35. The first-order valence-electron chi connectivity index (χ1n) is 14.1. The summed E-state index contributed by atoms with van der Waals surface area (Å²) < 4.78 is 2.67. The highest BCUT2D eigenvalue weighted by atomic mass is 32.1. The quantitative estimate of drug-likeness (QED) is 0.193. The molecule has 190 valence electrons. The lowest BCUT2D eigenvalue weighted by Gasteiger charge is -2.19. The zero-order valence-electron chi connectivity index (χ0n) is 22.3.